The number of nitrogens with one attached hydrogen (secondary N) is 2. The van der Waals surface area contributed by atoms with Crippen LogP contribution in [0.3, 0.4) is 0 Å². The first-order valence-corrected chi connectivity index (χ1v) is 13.6. The van der Waals surface area contributed by atoms with Crippen molar-refractivity contribution in [3.63, 3.8) is 0 Å². The first-order chi connectivity index (χ1) is 17.4. The van der Waals surface area contributed by atoms with E-state index in [4.69, 9.17) is 9.72 Å². The van der Waals surface area contributed by atoms with Gasteiger partial charge < -0.3 is 9.64 Å². The minimum absolute atomic E-state index is 0. The third-order valence-corrected chi connectivity index (χ3v) is 7.45. The second-order valence-corrected chi connectivity index (χ2v) is 12.2. The molecule has 9 nitrogen and oxygen atoms in total. The number of nitrogens with zero attached hydrogens (tertiary/aromatic N) is 3. The molecular weight excluding hydrogens is 497 g/mol. The molecule has 1 aliphatic rings. The molecule has 0 spiro atoms. The monoisotopic (exact) mass is 533 g/mol. The Kier molecular flexibility index (Phi) is 7.27. The normalized spacial score (nSPS) is 17.3. The molecule has 0 bridgehead atoms. The molecule has 1 saturated heterocycles. The van der Waals surface area contributed by atoms with E-state index in [1.165, 1.54) is 30.5 Å². The zero-order valence-corrected chi connectivity index (χ0v) is 22.4. The van der Waals surface area contributed by atoms with E-state index >= 15 is 0 Å². The molecule has 11 heteroatoms. The third-order valence-electron chi connectivity index (χ3n) is 6.19. The van der Waals surface area contributed by atoms with E-state index < -0.39 is 21.7 Å². The lowest BCUT2D eigenvalue weighted by molar-refractivity contribution is 0.0981. The lowest BCUT2D eigenvalue weighted by atomic mass is 9.97. The molecule has 1 amide bonds. The van der Waals surface area contributed by atoms with E-state index in [-0.39, 0.29) is 24.9 Å². The van der Waals surface area contributed by atoms with Gasteiger partial charge in [0.1, 0.15) is 17.4 Å². The number of H-pyrrole nitrogens is 1. The van der Waals surface area contributed by atoms with Crippen molar-refractivity contribution in [1.29, 1.82) is 0 Å². The summed E-state index contributed by atoms with van der Waals surface area (Å²) in [6, 6.07) is 8.74. The second-order valence-electron chi connectivity index (χ2n) is 10.5. The fourth-order valence-corrected chi connectivity index (χ4v) is 5.51. The van der Waals surface area contributed by atoms with Crippen molar-refractivity contribution in [2.45, 2.75) is 51.6 Å². The van der Waals surface area contributed by atoms with Crippen LogP contribution in [0.2, 0.25) is 0 Å². The fourth-order valence-electron chi connectivity index (χ4n) is 4.63. The second kappa shape index (κ2) is 10.1. The zero-order chi connectivity index (χ0) is 27.0. The van der Waals surface area contributed by atoms with Gasteiger partial charge in [-0.15, -0.1) is 0 Å². The average molecular weight is 534 g/mol. The van der Waals surface area contributed by atoms with Gasteiger partial charge in [-0.05, 0) is 62.4 Å². The molecule has 0 saturated carbocycles. The van der Waals surface area contributed by atoms with Gasteiger partial charge in [-0.3, -0.25) is 9.89 Å². The van der Waals surface area contributed by atoms with Crippen LogP contribution in [-0.2, 0) is 10.0 Å². The molecule has 202 valence electrons. The van der Waals surface area contributed by atoms with Gasteiger partial charge in [0.15, 0.2) is 5.03 Å². The highest BCUT2D eigenvalue weighted by Crippen LogP contribution is 2.38. The van der Waals surface area contributed by atoms with Crippen molar-refractivity contribution < 1.29 is 25.2 Å². The lowest BCUT2D eigenvalue weighted by Gasteiger charge is -2.34. The van der Waals surface area contributed by atoms with Gasteiger partial charge in [-0.2, -0.15) is 13.5 Å². The number of anilines is 1. The van der Waals surface area contributed by atoms with Crippen LogP contribution in [0.1, 0.15) is 54.3 Å². The van der Waals surface area contributed by atoms with Crippen LogP contribution in [0.15, 0.2) is 47.6 Å². The van der Waals surface area contributed by atoms with Crippen LogP contribution >= 0.6 is 0 Å². The van der Waals surface area contributed by atoms with Gasteiger partial charge in [0.25, 0.3) is 15.9 Å². The van der Waals surface area contributed by atoms with Crippen molar-refractivity contribution in [3.8, 4) is 17.0 Å². The fraction of sp³-hybridized carbons (Fsp3) is 0.423. The molecule has 1 aromatic carbocycles. The Hall–Kier alpha value is -3.47. The van der Waals surface area contributed by atoms with Crippen LogP contribution in [0.4, 0.5) is 10.2 Å². The molecule has 2 aromatic heterocycles. The Balaban J connectivity index is 0.00000267. The smallest absolute Gasteiger partial charge is 0.281 e. The van der Waals surface area contributed by atoms with Crippen molar-refractivity contribution in [1.82, 2.24) is 19.9 Å². The van der Waals surface area contributed by atoms with Crippen molar-refractivity contribution in [2.75, 3.05) is 18.1 Å². The number of carbonyl (C=O) groups is 1. The van der Waals surface area contributed by atoms with Gasteiger partial charge >= 0.3 is 0 Å². The predicted octanol–water partition coefficient (Wildman–Crippen LogP) is 4.88. The molecule has 1 atom stereocenters. The van der Waals surface area contributed by atoms with E-state index in [0.29, 0.717) is 41.9 Å². The van der Waals surface area contributed by atoms with E-state index in [9.17, 15) is 17.6 Å². The highest BCUT2D eigenvalue weighted by atomic mass is 32.2. The summed E-state index contributed by atoms with van der Waals surface area (Å²) < 4.78 is 47.6. The summed E-state index contributed by atoms with van der Waals surface area (Å²) in [5.41, 5.74) is 0.687. The Morgan fingerprint density at radius 3 is 2.68 bits per heavy atom. The molecular formula is C26H36FN5O4S. The number of benzene rings is 1. The predicted molar refractivity (Wildman–Crippen MR) is 143 cm³/mol. The number of carbonyl (C=O) groups excluding carboxylic acids is 1. The van der Waals surface area contributed by atoms with Crippen LogP contribution in [0, 0.1) is 17.7 Å². The molecule has 3 heterocycles. The van der Waals surface area contributed by atoms with E-state index in [1.54, 1.807) is 12.1 Å². The van der Waals surface area contributed by atoms with Crippen molar-refractivity contribution in [3.05, 3.63) is 54.0 Å². The van der Waals surface area contributed by atoms with Crippen LogP contribution in [-0.4, -0.2) is 48.2 Å². The average Bonchev–Trinajstić information content (AvgIpc) is 3.44. The van der Waals surface area contributed by atoms with Crippen LogP contribution in [0.5, 0.6) is 5.75 Å². The van der Waals surface area contributed by atoms with E-state index in [2.05, 4.69) is 21.8 Å². The maximum absolute atomic E-state index is 14.5. The third kappa shape index (κ3) is 5.93. The zero-order valence-electron chi connectivity index (χ0n) is 21.6. The number of ether oxygens (including phenoxy) is 1. The summed E-state index contributed by atoms with van der Waals surface area (Å²) in [4.78, 5) is 20.0. The Morgan fingerprint density at radius 2 is 2.05 bits per heavy atom. The summed E-state index contributed by atoms with van der Waals surface area (Å²) >= 11 is 0. The van der Waals surface area contributed by atoms with Gasteiger partial charge in [-0.25, -0.2) is 14.1 Å². The summed E-state index contributed by atoms with van der Waals surface area (Å²) in [5.74, 6) is 0.0242. The molecule has 0 aliphatic carbocycles. The molecule has 1 unspecified atom stereocenters. The minimum Gasteiger partial charge on any atom is -0.493 e. The van der Waals surface area contributed by atoms with E-state index in [1.807, 2.05) is 32.6 Å². The highest BCUT2D eigenvalue weighted by Gasteiger charge is 2.39. The van der Waals surface area contributed by atoms with Crippen molar-refractivity contribution >= 4 is 21.7 Å². The number of amides is 1. The number of rotatable bonds is 8. The Bertz CT molecular complexity index is 1400. The summed E-state index contributed by atoms with van der Waals surface area (Å²) in [6.45, 7) is 11.3. The highest BCUT2D eigenvalue weighted by molar-refractivity contribution is 7.90. The Labute approximate surface area is 219 Å². The number of pyridine rings is 1. The minimum atomic E-state index is -4.16. The summed E-state index contributed by atoms with van der Waals surface area (Å²) in [6.07, 6.45) is 2.15. The topological polar surface area (TPSA) is 117 Å². The quantitative estimate of drug-likeness (QED) is 0.424. The van der Waals surface area contributed by atoms with Crippen molar-refractivity contribution in [2.24, 2.45) is 11.8 Å². The summed E-state index contributed by atoms with van der Waals surface area (Å²) in [7, 11) is -4.16. The number of hydrogen-bond donors (Lipinski definition) is 2. The summed E-state index contributed by atoms with van der Waals surface area (Å²) in [5, 5.41) is 5.77. The maximum atomic E-state index is 14.5. The molecule has 2 N–H and O–H groups in total. The van der Waals surface area contributed by atoms with Gasteiger partial charge in [0, 0.05) is 26.6 Å². The number of sulfonamides is 1. The number of hydrogen-bond acceptors (Lipinski definition) is 7. The number of aromatic amines is 1. The SMILES string of the molecule is CC(C)COc1cc(F)cc(-c2ccc(C(=O)NS(=O)(=O)c3ccn[nH]3)c(N3CC(C)CC3(C)C)n2)c1.[HH].[HH]. The molecule has 0 radical (unpaired) electrons. The molecule has 1 fully saturated rings. The van der Waals surface area contributed by atoms with Gasteiger partial charge in [0.05, 0.1) is 24.1 Å². The standard InChI is InChI=1S/C26H32FN5O4S.2H2/c1-16(2)15-36-20-11-18(10-19(27)12-20)22-7-6-21(24(29-22)32-14-17(3)13-26(32,4)5)25(33)31-37(34,35)23-8-9-28-30-23;;/h6-12,16-17H,13-15H2,1-5H3,(H,28,30)(H,31,33);2*1H. The number of aromatic nitrogens is 3. The molecule has 37 heavy (non-hydrogen) atoms. The van der Waals surface area contributed by atoms with Crippen LogP contribution in [0.25, 0.3) is 11.3 Å². The maximum Gasteiger partial charge on any atom is 0.281 e. The Morgan fingerprint density at radius 1 is 1.30 bits per heavy atom. The molecule has 4 rings (SSSR count). The molecule has 3 aromatic rings. The van der Waals surface area contributed by atoms with Crippen LogP contribution < -0.4 is 14.4 Å². The van der Waals surface area contributed by atoms with Gasteiger partial charge in [-0.1, -0.05) is 20.8 Å². The molecule has 1 aliphatic heterocycles. The first-order valence-electron chi connectivity index (χ1n) is 12.1. The number of halogens is 1. The largest absolute Gasteiger partial charge is 0.493 e. The van der Waals surface area contributed by atoms with E-state index in [0.717, 1.165) is 6.42 Å². The van der Waals surface area contributed by atoms with Gasteiger partial charge in [0.2, 0.25) is 0 Å². The lowest BCUT2D eigenvalue weighted by Crippen LogP contribution is -2.41. The first kappa shape index (κ1) is 26.6.